The topological polar surface area (TPSA) is 82.2 Å². The van der Waals surface area contributed by atoms with Crippen molar-refractivity contribution < 1.29 is 27.9 Å². The minimum Gasteiger partial charge on any atom is -0.480 e. The zero-order valence-electron chi connectivity index (χ0n) is 12.0. The van der Waals surface area contributed by atoms with Crippen LogP contribution in [0.25, 0.3) is 10.9 Å². The van der Waals surface area contributed by atoms with Gasteiger partial charge in [0.2, 0.25) is 5.91 Å². The number of H-pyrrole nitrogens is 1. The maximum Gasteiger partial charge on any atom is 0.391 e. The van der Waals surface area contributed by atoms with Crippen molar-refractivity contribution in [1.82, 2.24) is 10.3 Å². The lowest BCUT2D eigenvalue weighted by Crippen LogP contribution is -2.43. The third kappa shape index (κ3) is 4.73. The summed E-state index contributed by atoms with van der Waals surface area (Å²) in [5.41, 5.74) is 1.74. The minimum absolute atomic E-state index is 0.0938. The van der Waals surface area contributed by atoms with Gasteiger partial charge in [-0.3, -0.25) is 4.79 Å². The minimum atomic E-state index is -4.66. The fraction of sp³-hybridized carbons (Fsp3) is 0.333. The molecule has 0 saturated heterocycles. The summed E-state index contributed by atoms with van der Waals surface area (Å²) in [5, 5.41) is 11.6. The third-order valence-electron chi connectivity index (χ3n) is 3.37. The second-order valence-electron chi connectivity index (χ2n) is 5.14. The van der Waals surface area contributed by atoms with Crippen LogP contribution >= 0.6 is 0 Å². The van der Waals surface area contributed by atoms with Gasteiger partial charge in [0, 0.05) is 23.5 Å². The van der Waals surface area contributed by atoms with E-state index in [-0.39, 0.29) is 6.42 Å². The van der Waals surface area contributed by atoms with Crippen LogP contribution in [0, 0.1) is 0 Å². The summed E-state index contributed by atoms with van der Waals surface area (Å²) in [6, 6.07) is 5.45. The van der Waals surface area contributed by atoms with E-state index in [1.807, 2.05) is 29.6 Å². The van der Waals surface area contributed by atoms with Gasteiger partial charge in [-0.25, -0.2) is 4.79 Å². The first kappa shape index (κ1) is 16.9. The largest absolute Gasteiger partial charge is 0.480 e. The molecular weight excluding hydrogens is 313 g/mol. The molecule has 2 aromatic rings. The first-order chi connectivity index (χ1) is 10.8. The molecule has 0 fully saturated rings. The van der Waals surface area contributed by atoms with E-state index < -0.39 is 30.5 Å². The van der Waals surface area contributed by atoms with Crippen LogP contribution in [0.2, 0.25) is 0 Å². The van der Waals surface area contributed by atoms with Crippen LogP contribution in [0.3, 0.4) is 0 Å². The summed E-state index contributed by atoms with van der Waals surface area (Å²) < 4.78 is 36.8. The molecule has 0 aliphatic rings. The smallest absolute Gasteiger partial charge is 0.391 e. The first-order valence-corrected chi connectivity index (χ1v) is 6.90. The number of para-hydroxylation sites is 1. The number of carboxylic acid groups (broad SMARTS) is 1. The fourth-order valence-corrected chi connectivity index (χ4v) is 2.28. The normalized spacial score (nSPS) is 13.0. The first-order valence-electron chi connectivity index (χ1n) is 6.90. The Morgan fingerprint density at radius 1 is 1.26 bits per heavy atom. The number of nitrogens with one attached hydrogen (secondary N) is 2. The molecule has 23 heavy (non-hydrogen) atoms. The number of aromatic nitrogens is 1. The van der Waals surface area contributed by atoms with Gasteiger partial charge < -0.3 is 15.4 Å². The number of hydrogen-bond acceptors (Lipinski definition) is 2. The van der Waals surface area contributed by atoms with Gasteiger partial charge in [0.15, 0.2) is 0 Å². The quantitative estimate of drug-likeness (QED) is 0.762. The number of aryl methyl sites for hydroxylation is 1. The van der Waals surface area contributed by atoms with E-state index in [9.17, 15) is 22.8 Å². The van der Waals surface area contributed by atoms with E-state index in [0.29, 0.717) is 6.42 Å². The molecule has 124 valence electrons. The molecule has 1 aromatic heterocycles. The van der Waals surface area contributed by atoms with Gasteiger partial charge in [-0.2, -0.15) is 13.2 Å². The molecule has 5 nitrogen and oxygen atoms in total. The number of aliphatic carboxylic acids is 1. The van der Waals surface area contributed by atoms with Crippen molar-refractivity contribution in [2.24, 2.45) is 0 Å². The zero-order chi connectivity index (χ0) is 17.0. The highest BCUT2D eigenvalue weighted by molar-refractivity contribution is 5.86. The number of amides is 1. The molecule has 0 radical (unpaired) electrons. The summed E-state index contributed by atoms with van der Waals surface area (Å²) >= 11 is 0. The van der Waals surface area contributed by atoms with E-state index in [0.717, 1.165) is 16.5 Å². The summed E-state index contributed by atoms with van der Waals surface area (Å²) in [5.74, 6) is -2.44. The summed E-state index contributed by atoms with van der Waals surface area (Å²) in [6.07, 6.45) is -4.33. The summed E-state index contributed by atoms with van der Waals surface area (Å²) in [7, 11) is 0. The van der Waals surface area contributed by atoms with Gasteiger partial charge >= 0.3 is 12.1 Å². The van der Waals surface area contributed by atoms with Crippen molar-refractivity contribution in [2.75, 3.05) is 0 Å². The number of benzene rings is 1. The monoisotopic (exact) mass is 328 g/mol. The molecule has 1 heterocycles. The Morgan fingerprint density at radius 3 is 2.61 bits per heavy atom. The SMILES string of the molecule is O=C(CCc1c[nH]c2ccccc12)NC(CC(F)(F)F)C(=O)O. The summed E-state index contributed by atoms with van der Waals surface area (Å²) in [6.45, 7) is 0. The van der Waals surface area contributed by atoms with Crippen molar-refractivity contribution in [3.05, 3.63) is 36.0 Å². The standard InChI is InChI=1S/C15H15F3N2O3/c16-15(17,18)7-12(14(22)23)20-13(21)6-5-9-8-19-11-4-2-1-3-10(9)11/h1-4,8,12,19H,5-7H2,(H,20,21)(H,22,23). The second kappa shape index (κ2) is 6.72. The number of alkyl halides is 3. The van der Waals surface area contributed by atoms with E-state index in [2.05, 4.69) is 4.98 Å². The number of halogens is 3. The Balaban J connectivity index is 1.95. The molecule has 2 rings (SSSR count). The molecule has 1 amide bonds. The van der Waals surface area contributed by atoms with Gasteiger partial charge in [-0.15, -0.1) is 0 Å². The molecule has 3 N–H and O–H groups in total. The number of hydrogen-bond donors (Lipinski definition) is 3. The van der Waals surface area contributed by atoms with Gasteiger partial charge in [0.25, 0.3) is 0 Å². The molecule has 0 spiro atoms. The van der Waals surface area contributed by atoms with Gasteiger partial charge in [-0.05, 0) is 18.1 Å². The Kier molecular flexibility index (Phi) is 4.92. The van der Waals surface area contributed by atoms with Gasteiger partial charge in [0.1, 0.15) is 6.04 Å². The number of carbonyl (C=O) groups is 2. The van der Waals surface area contributed by atoms with E-state index >= 15 is 0 Å². The van der Waals surface area contributed by atoms with Crippen LogP contribution in [0.15, 0.2) is 30.5 Å². The fourth-order valence-electron chi connectivity index (χ4n) is 2.28. The predicted octanol–water partition coefficient (Wildman–Crippen LogP) is 2.62. The van der Waals surface area contributed by atoms with Gasteiger partial charge in [-0.1, -0.05) is 18.2 Å². The lowest BCUT2D eigenvalue weighted by Gasteiger charge is -2.16. The molecule has 0 aliphatic heterocycles. The Labute approximate surface area is 129 Å². The number of aromatic amines is 1. The highest BCUT2D eigenvalue weighted by Crippen LogP contribution is 2.22. The highest BCUT2D eigenvalue weighted by Gasteiger charge is 2.36. The number of rotatable bonds is 6. The molecule has 1 unspecified atom stereocenters. The Morgan fingerprint density at radius 2 is 1.96 bits per heavy atom. The molecule has 1 aromatic carbocycles. The lowest BCUT2D eigenvalue weighted by atomic mass is 10.1. The molecule has 0 aliphatic carbocycles. The van der Waals surface area contributed by atoms with E-state index in [1.54, 1.807) is 6.20 Å². The third-order valence-corrected chi connectivity index (χ3v) is 3.37. The maximum absolute atomic E-state index is 12.3. The Hall–Kier alpha value is -2.51. The van der Waals surface area contributed by atoms with Crippen molar-refractivity contribution in [3.8, 4) is 0 Å². The van der Waals surface area contributed by atoms with E-state index in [1.165, 1.54) is 0 Å². The van der Waals surface area contributed by atoms with Crippen molar-refractivity contribution in [1.29, 1.82) is 0 Å². The number of fused-ring (bicyclic) bond motifs is 1. The van der Waals surface area contributed by atoms with Crippen LogP contribution in [0.5, 0.6) is 0 Å². The van der Waals surface area contributed by atoms with Crippen LogP contribution in [0.1, 0.15) is 18.4 Å². The summed E-state index contributed by atoms with van der Waals surface area (Å²) in [4.78, 5) is 25.6. The molecular formula is C15H15F3N2O3. The Bertz CT molecular complexity index is 709. The average molecular weight is 328 g/mol. The maximum atomic E-state index is 12.3. The number of carbonyl (C=O) groups excluding carboxylic acids is 1. The lowest BCUT2D eigenvalue weighted by molar-refractivity contribution is -0.160. The van der Waals surface area contributed by atoms with Crippen LogP contribution < -0.4 is 5.32 Å². The van der Waals surface area contributed by atoms with Crippen LogP contribution in [-0.4, -0.2) is 34.2 Å². The van der Waals surface area contributed by atoms with E-state index in [4.69, 9.17) is 5.11 Å². The molecule has 0 bridgehead atoms. The van der Waals surface area contributed by atoms with Crippen LogP contribution in [0.4, 0.5) is 13.2 Å². The van der Waals surface area contributed by atoms with Crippen molar-refractivity contribution in [3.63, 3.8) is 0 Å². The van der Waals surface area contributed by atoms with Gasteiger partial charge in [0.05, 0.1) is 6.42 Å². The predicted molar refractivity (Wildman–Crippen MR) is 76.9 cm³/mol. The van der Waals surface area contributed by atoms with Crippen molar-refractivity contribution in [2.45, 2.75) is 31.5 Å². The second-order valence-corrected chi connectivity index (χ2v) is 5.14. The molecule has 8 heteroatoms. The average Bonchev–Trinajstić information content (AvgIpc) is 2.86. The van der Waals surface area contributed by atoms with Crippen molar-refractivity contribution >= 4 is 22.8 Å². The molecule has 1 atom stereocenters. The number of carboxylic acids is 1. The zero-order valence-corrected chi connectivity index (χ0v) is 12.0. The highest BCUT2D eigenvalue weighted by atomic mass is 19.4. The molecule has 0 saturated carbocycles. The van der Waals surface area contributed by atoms with Crippen LogP contribution in [-0.2, 0) is 16.0 Å².